The van der Waals surface area contributed by atoms with Crippen LogP contribution in [0.5, 0.6) is 0 Å². The second kappa shape index (κ2) is 5.08. The van der Waals surface area contributed by atoms with Gasteiger partial charge in [-0.25, -0.2) is 0 Å². The minimum atomic E-state index is -0.0432. The number of allylic oxidation sites excluding steroid dienone is 1. The van der Waals surface area contributed by atoms with Gasteiger partial charge in [-0.15, -0.1) is 0 Å². The molecule has 1 N–H and O–H groups in total. The van der Waals surface area contributed by atoms with Crippen molar-refractivity contribution in [3.63, 3.8) is 0 Å². The van der Waals surface area contributed by atoms with Crippen LogP contribution in [0.4, 0.5) is 0 Å². The van der Waals surface area contributed by atoms with E-state index in [0.717, 1.165) is 12.0 Å². The molecule has 0 radical (unpaired) electrons. The van der Waals surface area contributed by atoms with Gasteiger partial charge in [0, 0.05) is 6.42 Å². The number of hydrogen-bond acceptors (Lipinski definition) is 2. The van der Waals surface area contributed by atoms with Crippen LogP contribution in [0.3, 0.4) is 0 Å². The number of carbonyl (C=O) groups excluding carboxylic acids is 1. The van der Waals surface area contributed by atoms with Crippen molar-refractivity contribution in [1.29, 1.82) is 0 Å². The van der Waals surface area contributed by atoms with Crippen LogP contribution >= 0.6 is 0 Å². The average Bonchev–Trinajstić information content (AvgIpc) is 2.02. The smallest absolute Gasteiger partial charge is 0.153 e. The Labute approximate surface area is 68.7 Å². The summed E-state index contributed by atoms with van der Waals surface area (Å²) in [6, 6.07) is -0.0432. The summed E-state index contributed by atoms with van der Waals surface area (Å²) in [5, 5.41) is 2.90. The molecule has 1 unspecified atom stereocenters. The topological polar surface area (TPSA) is 29.1 Å². The van der Waals surface area contributed by atoms with Gasteiger partial charge in [0.05, 0.1) is 6.04 Å². The van der Waals surface area contributed by atoms with Crippen molar-refractivity contribution in [3.05, 3.63) is 12.2 Å². The Hall–Kier alpha value is -0.630. The molecule has 0 aliphatic heterocycles. The molecule has 11 heavy (non-hydrogen) atoms. The molecular formula is C9H17NO. The monoisotopic (exact) mass is 155 g/mol. The fourth-order valence-electron chi connectivity index (χ4n) is 0.685. The van der Waals surface area contributed by atoms with Crippen LogP contribution in [0.15, 0.2) is 12.2 Å². The van der Waals surface area contributed by atoms with E-state index in [-0.39, 0.29) is 11.8 Å². The zero-order valence-corrected chi connectivity index (χ0v) is 7.61. The molecule has 0 aromatic carbocycles. The molecule has 0 spiro atoms. The Bertz CT molecular complexity index is 152. The van der Waals surface area contributed by atoms with E-state index in [1.54, 1.807) is 7.05 Å². The van der Waals surface area contributed by atoms with Gasteiger partial charge >= 0.3 is 0 Å². The molecule has 0 aromatic rings. The Morgan fingerprint density at radius 1 is 1.64 bits per heavy atom. The van der Waals surface area contributed by atoms with Gasteiger partial charge < -0.3 is 5.32 Å². The van der Waals surface area contributed by atoms with Crippen molar-refractivity contribution in [2.75, 3.05) is 7.05 Å². The van der Waals surface area contributed by atoms with E-state index in [1.807, 2.05) is 13.8 Å². The highest BCUT2D eigenvalue weighted by molar-refractivity contribution is 5.85. The predicted molar refractivity (Wildman–Crippen MR) is 47.6 cm³/mol. The predicted octanol–water partition coefficient (Wildman–Crippen LogP) is 1.52. The number of ketones is 1. The normalized spacial score (nSPS) is 12.6. The number of carbonyl (C=O) groups is 1. The third kappa shape index (κ3) is 3.94. The van der Waals surface area contributed by atoms with Crippen LogP contribution in [0.1, 0.15) is 26.7 Å². The molecule has 0 bridgehead atoms. The van der Waals surface area contributed by atoms with Crippen molar-refractivity contribution < 1.29 is 4.79 Å². The van der Waals surface area contributed by atoms with Crippen LogP contribution in [-0.4, -0.2) is 18.9 Å². The minimum Gasteiger partial charge on any atom is -0.311 e. The maximum atomic E-state index is 11.2. The van der Waals surface area contributed by atoms with E-state index in [9.17, 15) is 4.79 Å². The second-order valence-corrected chi connectivity index (χ2v) is 2.76. The van der Waals surface area contributed by atoms with Crippen LogP contribution in [0, 0.1) is 0 Å². The van der Waals surface area contributed by atoms with Crippen molar-refractivity contribution in [2.24, 2.45) is 0 Å². The maximum absolute atomic E-state index is 11.2. The number of rotatable bonds is 5. The largest absolute Gasteiger partial charge is 0.311 e. The summed E-state index contributed by atoms with van der Waals surface area (Å²) in [6.45, 7) is 7.66. The summed E-state index contributed by atoms with van der Waals surface area (Å²) in [6.07, 6.45) is 1.40. The lowest BCUT2D eigenvalue weighted by atomic mass is 10.0. The van der Waals surface area contributed by atoms with Gasteiger partial charge in [-0.2, -0.15) is 0 Å². The number of Topliss-reactive ketones (excluding diaryl/α,β-unsaturated/α-hetero) is 1. The second-order valence-electron chi connectivity index (χ2n) is 2.76. The summed E-state index contributed by atoms with van der Waals surface area (Å²) in [4.78, 5) is 11.2. The first-order valence-electron chi connectivity index (χ1n) is 3.98. The maximum Gasteiger partial charge on any atom is 0.153 e. The lowest BCUT2D eigenvalue weighted by Gasteiger charge is -2.08. The molecule has 0 heterocycles. The molecule has 1 atom stereocenters. The highest BCUT2D eigenvalue weighted by atomic mass is 16.1. The highest BCUT2D eigenvalue weighted by Crippen LogP contribution is 2.04. The van der Waals surface area contributed by atoms with Gasteiger partial charge in [0.25, 0.3) is 0 Å². The molecule has 0 aliphatic rings. The molecule has 0 rings (SSSR count). The van der Waals surface area contributed by atoms with Gasteiger partial charge in [0.1, 0.15) is 0 Å². The average molecular weight is 155 g/mol. The van der Waals surface area contributed by atoms with Gasteiger partial charge in [0.2, 0.25) is 0 Å². The molecular weight excluding hydrogens is 138 g/mol. The molecule has 2 nitrogen and oxygen atoms in total. The van der Waals surface area contributed by atoms with Gasteiger partial charge in [-0.3, -0.25) is 4.79 Å². The third-order valence-corrected chi connectivity index (χ3v) is 1.84. The van der Waals surface area contributed by atoms with Crippen molar-refractivity contribution in [2.45, 2.75) is 32.7 Å². The first-order valence-corrected chi connectivity index (χ1v) is 3.98. The fraction of sp³-hybridized carbons (Fsp3) is 0.667. The summed E-state index contributed by atoms with van der Waals surface area (Å²) >= 11 is 0. The Morgan fingerprint density at radius 2 is 2.18 bits per heavy atom. The van der Waals surface area contributed by atoms with E-state index in [2.05, 4.69) is 11.9 Å². The molecule has 0 aromatic heterocycles. The van der Waals surface area contributed by atoms with Crippen LogP contribution in [0.25, 0.3) is 0 Å². The zero-order valence-electron chi connectivity index (χ0n) is 7.61. The van der Waals surface area contributed by atoms with E-state index >= 15 is 0 Å². The van der Waals surface area contributed by atoms with Gasteiger partial charge in [0.15, 0.2) is 5.78 Å². The molecule has 0 fully saturated rings. The fourth-order valence-corrected chi connectivity index (χ4v) is 0.685. The summed E-state index contributed by atoms with van der Waals surface area (Å²) in [5.41, 5.74) is 1.01. The first kappa shape index (κ1) is 10.4. The highest BCUT2D eigenvalue weighted by Gasteiger charge is 2.09. The Morgan fingerprint density at radius 3 is 2.55 bits per heavy atom. The van der Waals surface area contributed by atoms with E-state index in [0.29, 0.717) is 6.42 Å². The molecule has 2 heteroatoms. The van der Waals surface area contributed by atoms with Gasteiger partial charge in [-0.1, -0.05) is 19.1 Å². The summed E-state index contributed by atoms with van der Waals surface area (Å²) in [7, 11) is 1.79. The zero-order chi connectivity index (χ0) is 8.85. The molecule has 0 aliphatic carbocycles. The van der Waals surface area contributed by atoms with E-state index in [1.165, 1.54) is 0 Å². The molecule has 0 saturated heterocycles. The van der Waals surface area contributed by atoms with Gasteiger partial charge in [-0.05, 0) is 20.4 Å². The lowest BCUT2D eigenvalue weighted by molar-refractivity contribution is -0.119. The number of nitrogens with one attached hydrogen (secondary N) is 1. The quantitative estimate of drug-likeness (QED) is 0.610. The van der Waals surface area contributed by atoms with Crippen LogP contribution < -0.4 is 5.32 Å². The van der Waals surface area contributed by atoms with Crippen LogP contribution in [-0.2, 0) is 4.79 Å². The Kier molecular flexibility index (Phi) is 4.79. The number of hydrogen-bond donors (Lipinski definition) is 1. The first-order chi connectivity index (χ1) is 5.11. The van der Waals surface area contributed by atoms with E-state index in [4.69, 9.17) is 0 Å². The third-order valence-electron chi connectivity index (χ3n) is 1.84. The van der Waals surface area contributed by atoms with E-state index < -0.39 is 0 Å². The summed E-state index contributed by atoms with van der Waals surface area (Å²) in [5.74, 6) is 0.222. The van der Waals surface area contributed by atoms with Crippen molar-refractivity contribution >= 4 is 5.78 Å². The SMILES string of the molecule is C=C(CC)CC(=O)C(C)NC. The lowest BCUT2D eigenvalue weighted by Crippen LogP contribution is -2.30. The number of likely N-dealkylation sites (N-methyl/N-ethyl adjacent to an activating group) is 1. The standard InChI is InChI=1S/C9H17NO/c1-5-7(2)6-9(11)8(3)10-4/h8,10H,2,5-6H2,1,3-4H3. The molecule has 0 amide bonds. The van der Waals surface area contributed by atoms with Crippen molar-refractivity contribution in [1.82, 2.24) is 5.32 Å². The van der Waals surface area contributed by atoms with Crippen molar-refractivity contribution in [3.8, 4) is 0 Å². The minimum absolute atomic E-state index is 0.0432. The molecule has 0 saturated carbocycles. The molecule has 64 valence electrons. The Balaban J connectivity index is 3.77. The summed E-state index contributed by atoms with van der Waals surface area (Å²) < 4.78 is 0. The van der Waals surface area contributed by atoms with Crippen LogP contribution in [0.2, 0.25) is 0 Å².